The van der Waals surface area contributed by atoms with Crippen molar-refractivity contribution >= 4 is 23.3 Å². The number of carbonyl (C=O) groups is 2. The van der Waals surface area contributed by atoms with Crippen molar-refractivity contribution in [1.29, 1.82) is 0 Å². The molecule has 2 aromatic rings. The van der Waals surface area contributed by atoms with Crippen LogP contribution in [-0.2, 0) is 11.8 Å². The molecule has 0 unspecified atom stereocenters. The average Bonchev–Trinajstić information content (AvgIpc) is 3.30. The SMILES string of the molecule is CC(C)C(=O)Nc1ccc(N2CCCC[C@@H]3CN(C(=O)c4cccn4C)C[C@@H]32)nc1. The Kier molecular flexibility index (Phi) is 5.79. The van der Waals surface area contributed by atoms with Gasteiger partial charge >= 0.3 is 0 Å². The lowest BCUT2D eigenvalue weighted by atomic mass is 9.98. The topological polar surface area (TPSA) is 70.5 Å². The molecule has 2 aliphatic rings. The van der Waals surface area contributed by atoms with Crippen molar-refractivity contribution in [3.63, 3.8) is 0 Å². The molecule has 30 heavy (non-hydrogen) atoms. The van der Waals surface area contributed by atoms with Crippen LogP contribution in [0.4, 0.5) is 11.5 Å². The predicted molar refractivity (Wildman–Crippen MR) is 117 cm³/mol. The van der Waals surface area contributed by atoms with Gasteiger partial charge < -0.3 is 19.7 Å². The van der Waals surface area contributed by atoms with Crippen LogP contribution in [0.15, 0.2) is 36.7 Å². The highest BCUT2D eigenvalue weighted by atomic mass is 16.2. The van der Waals surface area contributed by atoms with Crippen LogP contribution in [0, 0.1) is 11.8 Å². The van der Waals surface area contributed by atoms with Gasteiger partial charge in [-0.3, -0.25) is 9.59 Å². The van der Waals surface area contributed by atoms with Crippen LogP contribution >= 0.6 is 0 Å². The Bertz CT molecular complexity index is 905. The Morgan fingerprint density at radius 2 is 2.00 bits per heavy atom. The van der Waals surface area contributed by atoms with E-state index in [1.165, 1.54) is 6.42 Å². The van der Waals surface area contributed by atoms with Crippen molar-refractivity contribution in [3.8, 4) is 0 Å². The molecule has 0 saturated carbocycles. The van der Waals surface area contributed by atoms with Gasteiger partial charge in [0.05, 0.1) is 17.9 Å². The maximum absolute atomic E-state index is 13.0. The third-order valence-electron chi connectivity index (χ3n) is 6.31. The summed E-state index contributed by atoms with van der Waals surface area (Å²) in [5, 5.41) is 2.90. The van der Waals surface area contributed by atoms with E-state index in [0.29, 0.717) is 5.92 Å². The number of anilines is 2. The molecular formula is C23H31N5O2. The summed E-state index contributed by atoms with van der Waals surface area (Å²) >= 11 is 0. The second-order valence-corrected chi connectivity index (χ2v) is 8.78. The van der Waals surface area contributed by atoms with Gasteiger partial charge in [0.15, 0.2) is 0 Å². The van der Waals surface area contributed by atoms with Gasteiger partial charge in [-0.25, -0.2) is 4.98 Å². The quantitative estimate of drug-likeness (QED) is 0.842. The standard InChI is InChI=1S/C23H31N5O2/c1-16(2)22(29)25-18-9-10-21(24-13-18)28-12-5-4-7-17-14-27(15-20(17)28)23(30)19-8-6-11-26(19)3/h6,8-11,13,16-17,20H,4-5,7,12,14-15H2,1-3H3,(H,25,29)/t17-,20+/m1/s1. The minimum atomic E-state index is -0.0673. The Morgan fingerprint density at radius 1 is 1.17 bits per heavy atom. The number of nitrogens with one attached hydrogen (secondary N) is 1. The van der Waals surface area contributed by atoms with Crippen LogP contribution in [0.1, 0.15) is 43.6 Å². The summed E-state index contributed by atoms with van der Waals surface area (Å²) in [6, 6.07) is 7.99. The number of fused-ring (bicyclic) bond motifs is 1. The molecule has 4 heterocycles. The van der Waals surface area contributed by atoms with Gasteiger partial charge in [0.25, 0.3) is 5.91 Å². The highest BCUT2D eigenvalue weighted by Crippen LogP contribution is 2.33. The zero-order valence-electron chi connectivity index (χ0n) is 18.0. The van der Waals surface area contributed by atoms with Gasteiger partial charge in [0.2, 0.25) is 5.91 Å². The molecule has 2 atom stereocenters. The maximum atomic E-state index is 13.0. The van der Waals surface area contributed by atoms with Gasteiger partial charge in [-0.2, -0.15) is 0 Å². The molecule has 2 aliphatic heterocycles. The molecule has 0 aromatic carbocycles. The zero-order chi connectivity index (χ0) is 21.3. The van der Waals surface area contributed by atoms with E-state index in [9.17, 15) is 9.59 Å². The molecule has 2 saturated heterocycles. The normalized spacial score (nSPS) is 21.5. The van der Waals surface area contributed by atoms with Crippen molar-refractivity contribution in [1.82, 2.24) is 14.5 Å². The van der Waals surface area contributed by atoms with E-state index in [2.05, 4.69) is 15.2 Å². The number of aryl methyl sites for hydroxylation is 1. The lowest BCUT2D eigenvalue weighted by Crippen LogP contribution is -2.41. The van der Waals surface area contributed by atoms with E-state index in [1.807, 2.05) is 60.8 Å². The lowest BCUT2D eigenvalue weighted by Gasteiger charge is -2.31. The second-order valence-electron chi connectivity index (χ2n) is 8.78. The first kappa shape index (κ1) is 20.4. The second kappa shape index (κ2) is 8.50. The molecule has 160 valence electrons. The summed E-state index contributed by atoms with van der Waals surface area (Å²) < 4.78 is 1.89. The predicted octanol–water partition coefficient (Wildman–Crippen LogP) is 3.15. The van der Waals surface area contributed by atoms with E-state index in [-0.39, 0.29) is 23.8 Å². The Hall–Kier alpha value is -2.83. The fourth-order valence-electron chi connectivity index (χ4n) is 4.56. The minimum Gasteiger partial charge on any atom is -0.352 e. The van der Waals surface area contributed by atoms with Crippen LogP contribution in [0.25, 0.3) is 0 Å². The number of hydrogen-bond acceptors (Lipinski definition) is 4. The maximum Gasteiger partial charge on any atom is 0.270 e. The summed E-state index contributed by atoms with van der Waals surface area (Å²) in [5.74, 6) is 1.41. The molecule has 0 spiro atoms. The number of rotatable bonds is 4. The summed E-state index contributed by atoms with van der Waals surface area (Å²) in [7, 11) is 1.91. The first-order valence-electron chi connectivity index (χ1n) is 10.9. The number of nitrogens with zero attached hydrogens (tertiary/aromatic N) is 4. The highest BCUT2D eigenvalue weighted by Gasteiger charge is 2.40. The molecule has 0 aliphatic carbocycles. The number of amides is 2. The average molecular weight is 410 g/mol. The van der Waals surface area contributed by atoms with Crippen LogP contribution in [-0.4, -0.2) is 51.9 Å². The molecular weight excluding hydrogens is 378 g/mol. The Labute approximate surface area is 178 Å². The Morgan fingerprint density at radius 3 is 2.67 bits per heavy atom. The van der Waals surface area contributed by atoms with Crippen LogP contribution < -0.4 is 10.2 Å². The summed E-state index contributed by atoms with van der Waals surface area (Å²) in [6.45, 7) is 6.21. The molecule has 7 heteroatoms. The minimum absolute atomic E-state index is 0.00925. The molecule has 4 rings (SSSR count). The lowest BCUT2D eigenvalue weighted by molar-refractivity contribution is -0.118. The van der Waals surface area contributed by atoms with E-state index >= 15 is 0 Å². The van der Waals surface area contributed by atoms with Gasteiger partial charge in [-0.05, 0) is 43.0 Å². The van der Waals surface area contributed by atoms with Crippen molar-refractivity contribution in [2.45, 2.75) is 39.2 Å². The number of carbonyl (C=O) groups excluding carboxylic acids is 2. The summed E-state index contributed by atoms with van der Waals surface area (Å²) in [6.07, 6.45) is 7.09. The van der Waals surface area contributed by atoms with Gasteiger partial charge in [-0.1, -0.05) is 20.3 Å². The third-order valence-corrected chi connectivity index (χ3v) is 6.31. The monoisotopic (exact) mass is 409 g/mol. The molecule has 1 N–H and O–H groups in total. The van der Waals surface area contributed by atoms with Gasteiger partial charge in [0.1, 0.15) is 11.5 Å². The largest absolute Gasteiger partial charge is 0.352 e. The molecule has 2 amide bonds. The molecule has 0 radical (unpaired) electrons. The van der Waals surface area contributed by atoms with Gasteiger partial charge in [-0.15, -0.1) is 0 Å². The molecule has 0 bridgehead atoms. The number of hydrogen-bond donors (Lipinski definition) is 1. The number of pyridine rings is 1. The van der Waals surface area contributed by atoms with Crippen molar-refractivity contribution < 1.29 is 9.59 Å². The highest BCUT2D eigenvalue weighted by molar-refractivity contribution is 5.93. The first-order chi connectivity index (χ1) is 14.4. The summed E-state index contributed by atoms with van der Waals surface area (Å²) in [5.41, 5.74) is 1.46. The third kappa shape index (κ3) is 4.06. The van der Waals surface area contributed by atoms with E-state index in [1.54, 1.807) is 6.20 Å². The zero-order valence-corrected chi connectivity index (χ0v) is 18.0. The van der Waals surface area contributed by atoms with Gasteiger partial charge in [0, 0.05) is 38.8 Å². The van der Waals surface area contributed by atoms with Crippen molar-refractivity contribution in [2.24, 2.45) is 18.9 Å². The summed E-state index contributed by atoms with van der Waals surface area (Å²) in [4.78, 5) is 34.0. The fraction of sp³-hybridized carbons (Fsp3) is 0.522. The first-order valence-corrected chi connectivity index (χ1v) is 10.9. The van der Waals surface area contributed by atoms with Crippen LogP contribution in [0.5, 0.6) is 0 Å². The number of aromatic nitrogens is 2. The molecule has 7 nitrogen and oxygen atoms in total. The molecule has 2 aromatic heterocycles. The van der Waals surface area contributed by atoms with Crippen molar-refractivity contribution in [3.05, 3.63) is 42.4 Å². The Balaban J connectivity index is 1.50. The van der Waals surface area contributed by atoms with Crippen molar-refractivity contribution in [2.75, 3.05) is 29.9 Å². The number of likely N-dealkylation sites (tertiary alicyclic amines) is 1. The smallest absolute Gasteiger partial charge is 0.270 e. The van der Waals surface area contributed by atoms with Crippen LogP contribution in [0.2, 0.25) is 0 Å². The molecule has 2 fully saturated rings. The van der Waals surface area contributed by atoms with E-state index < -0.39 is 0 Å². The van der Waals surface area contributed by atoms with Crippen LogP contribution in [0.3, 0.4) is 0 Å². The van der Waals surface area contributed by atoms with E-state index in [4.69, 9.17) is 0 Å². The van der Waals surface area contributed by atoms with E-state index in [0.717, 1.165) is 49.7 Å². The fourth-order valence-corrected chi connectivity index (χ4v) is 4.56.